The van der Waals surface area contributed by atoms with Crippen molar-refractivity contribution in [3.8, 4) is 0 Å². The number of ether oxygens (including phenoxy) is 1. The highest BCUT2D eigenvalue weighted by atomic mass is 16.5. The SMILES string of the molecule is COCCCCC1CCC2C3CCC4CCCCC4(C)C3CCC12C. The molecule has 0 N–H and O–H groups in total. The topological polar surface area (TPSA) is 9.23 Å². The first-order valence-electron chi connectivity index (χ1n) is 11.6. The van der Waals surface area contributed by atoms with Gasteiger partial charge in [-0.2, -0.15) is 0 Å². The number of unbranched alkanes of at least 4 members (excludes halogenated alkanes) is 1. The van der Waals surface area contributed by atoms with E-state index in [1.165, 1.54) is 44.9 Å². The van der Waals surface area contributed by atoms with Gasteiger partial charge in [0.25, 0.3) is 0 Å². The van der Waals surface area contributed by atoms with Gasteiger partial charge >= 0.3 is 0 Å². The Balaban J connectivity index is 1.46. The summed E-state index contributed by atoms with van der Waals surface area (Å²) in [6, 6.07) is 0. The molecule has 1 heteroatoms. The summed E-state index contributed by atoms with van der Waals surface area (Å²) in [5.41, 5.74) is 1.38. The minimum Gasteiger partial charge on any atom is -0.385 e. The number of rotatable bonds is 5. The van der Waals surface area contributed by atoms with E-state index in [9.17, 15) is 0 Å². The Labute approximate surface area is 156 Å². The molecule has 7 atom stereocenters. The largest absolute Gasteiger partial charge is 0.385 e. The number of hydrogen-bond acceptors (Lipinski definition) is 1. The van der Waals surface area contributed by atoms with Crippen molar-refractivity contribution in [1.29, 1.82) is 0 Å². The third-order valence-corrected chi connectivity index (χ3v) is 9.93. The smallest absolute Gasteiger partial charge is 0.0462 e. The molecule has 0 aromatic rings. The first-order chi connectivity index (χ1) is 12.1. The molecule has 4 aliphatic rings. The van der Waals surface area contributed by atoms with Gasteiger partial charge in [-0.05, 0) is 105 Å². The summed E-state index contributed by atoms with van der Waals surface area (Å²) < 4.78 is 5.27. The third kappa shape index (κ3) is 3.01. The van der Waals surface area contributed by atoms with Crippen molar-refractivity contribution in [1.82, 2.24) is 0 Å². The molecule has 1 nitrogen and oxygen atoms in total. The van der Waals surface area contributed by atoms with E-state index in [2.05, 4.69) is 13.8 Å². The molecule has 0 amide bonds. The monoisotopic (exact) mass is 346 g/mol. The maximum absolute atomic E-state index is 5.27. The molecule has 4 saturated carbocycles. The average Bonchev–Trinajstić information content (AvgIpc) is 2.95. The van der Waals surface area contributed by atoms with Crippen LogP contribution in [0, 0.1) is 40.4 Å². The van der Waals surface area contributed by atoms with Crippen LogP contribution in [0.15, 0.2) is 0 Å². The van der Waals surface area contributed by atoms with E-state index < -0.39 is 0 Å². The predicted molar refractivity (Wildman–Crippen MR) is 106 cm³/mol. The molecule has 0 bridgehead atoms. The number of hydrogen-bond donors (Lipinski definition) is 0. The van der Waals surface area contributed by atoms with Crippen LogP contribution in [0.5, 0.6) is 0 Å². The normalized spacial score (nSPS) is 49.3. The lowest BCUT2D eigenvalue weighted by Gasteiger charge is -2.60. The Kier molecular flexibility index (Phi) is 5.26. The molecule has 0 aromatic heterocycles. The van der Waals surface area contributed by atoms with Gasteiger partial charge in [0.15, 0.2) is 0 Å². The Bertz CT molecular complexity index is 459. The lowest BCUT2D eigenvalue weighted by molar-refractivity contribution is -0.111. The van der Waals surface area contributed by atoms with Crippen LogP contribution in [0.2, 0.25) is 0 Å². The van der Waals surface area contributed by atoms with Gasteiger partial charge < -0.3 is 4.74 Å². The van der Waals surface area contributed by atoms with E-state index >= 15 is 0 Å². The Hall–Kier alpha value is -0.0400. The molecule has 25 heavy (non-hydrogen) atoms. The van der Waals surface area contributed by atoms with Crippen molar-refractivity contribution in [2.75, 3.05) is 13.7 Å². The summed E-state index contributed by atoms with van der Waals surface area (Å²) in [5.74, 6) is 5.27. The van der Waals surface area contributed by atoms with E-state index in [-0.39, 0.29) is 0 Å². The zero-order valence-electron chi connectivity index (χ0n) is 17.2. The molecule has 4 aliphatic carbocycles. The van der Waals surface area contributed by atoms with Gasteiger partial charge in [-0.25, -0.2) is 0 Å². The molecule has 0 spiro atoms. The highest BCUT2D eigenvalue weighted by Crippen LogP contribution is 2.67. The second-order valence-electron chi connectivity index (χ2n) is 10.7. The third-order valence-electron chi connectivity index (χ3n) is 9.93. The van der Waals surface area contributed by atoms with Gasteiger partial charge in [0.1, 0.15) is 0 Å². The van der Waals surface area contributed by atoms with Gasteiger partial charge in [0, 0.05) is 13.7 Å². The van der Waals surface area contributed by atoms with E-state index in [0.717, 1.165) is 36.2 Å². The van der Waals surface area contributed by atoms with Crippen LogP contribution in [-0.4, -0.2) is 13.7 Å². The summed E-state index contributed by atoms with van der Waals surface area (Å²) >= 11 is 0. The van der Waals surface area contributed by atoms with Gasteiger partial charge in [0.05, 0.1) is 0 Å². The van der Waals surface area contributed by atoms with Gasteiger partial charge in [-0.3, -0.25) is 0 Å². The molecule has 0 saturated heterocycles. The van der Waals surface area contributed by atoms with Crippen LogP contribution in [0.25, 0.3) is 0 Å². The van der Waals surface area contributed by atoms with Crippen molar-refractivity contribution >= 4 is 0 Å². The first kappa shape index (κ1) is 18.3. The van der Waals surface area contributed by atoms with Crippen molar-refractivity contribution in [3.05, 3.63) is 0 Å². The predicted octanol–water partition coefficient (Wildman–Crippen LogP) is 6.85. The molecule has 0 aromatic carbocycles. The van der Waals surface area contributed by atoms with Gasteiger partial charge in [-0.15, -0.1) is 0 Å². The average molecular weight is 347 g/mol. The molecule has 4 fully saturated rings. The summed E-state index contributed by atoms with van der Waals surface area (Å²) in [5, 5.41) is 0. The maximum atomic E-state index is 5.27. The lowest BCUT2D eigenvalue weighted by atomic mass is 9.45. The van der Waals surface area contributed by atoms with Crippen molar-refractivity contribution in [2.45, 2.75) is 97.3 Å². The minimum atomic E-state index is 0.673. The molecule has 0 radical (unpaired) electrons. The number of fused-ring (bicyclic) bond motifs is 5. The van der Waals surface area contributed by atoms with Crippen LogP contribution >= 0.6 is 0 Å². The highest BCUT2D eigenvalue weighted by Gasteiger charge is 2.59. The molecule has 4 rings (SSSR count). The molecule has 0 aliphatic heterocycles. The fraction of sp³-hybridized carbons (Fsp3) is 1.00. The molecule has 0 heterocycles. The molecular weight excluding hydrogens is 304 g/mol. The quantitative estimate of drug-likeness (QED) is 0.494. The van der Waals surface area contributed by atoms with Crippen molar-refractivity contribution in [3.63, 3.8) is 0 Å². The highest BCUT2D eigenvalue weighted by molar-refractivity contribution is 5.08. The summed E-state index contributed by atoms with van der Waals surface area (Å²) in [4.78, 5) is 0. The Morgan fingerprint density at radius 3 is 2.48 bits per heavy atom. The second-order valence-corrected chi connectivity index (χ2v) is 10.7. The molecule has 7 unspecified atom stereocenters. The number of methoxy groups -OCH3 is 1. The molecular formula is C24H42O. The standard InChI is InChI=1S/C24H42O/c1-23-15-6-4-8-18(23)10-12-20-21-13-11-19(9-5-7-17-25-3)24(21,2)16-14-22(20)23/h18-22H,4-17H2,1-3H3. The Morgan fingerprint density at radius 1 is 0.800 bits per heavy atom. The minimum absolute atomic E-state index is 0.673. The molecule has 144 valence electrons. The van der Waals surface area contributed by atoms with Crippen LogP contribution in [0.3, 0.4) is 0 Å². The van der Waals surface area contributed by atoms with E-state index in [0.29, 0.717) is 10.8 Å². The van der Waals surface area contributed by atoms with Crippen LogP contribution in [0.4, 0.5) is 0 Å². The van der Waals surface area contributed by atoms with Gasteiger partial charge in [0.2, 0.25) is 0 Å². The zero-order valence-corrected chi connectivity index (χ0v) is 17.2. The zero-order chi connectivity index (χ0) is 17.5. The Morgan fingerprint density at radius 2 is 1.64 bits per heavy atom. The van der Waals surface area contributed by atoms with Crippen LogP contribution in [0.1, 0.15) is 97.3 Å². The van der Waals surface area contributed by atoms with E-state index in [4.69, 9.17) is 4.74 Å². The van der Waals surface area contributed by atoms with Crippen LogP contribution in [-0.2, 0) is 4.74 Å². The summed E-state index contributed by atoms with van der Waals surface area (Å²) in [6.07, 6.45) is 19.5. The van der Waals surface area contributed by atoms with E-state index in [1.807, 2.05) is 7.11 Å². The van der Waals surface area contributed by atoms with Crippen LogP contribution < -0.4 is 0 Å². The summed E-state index contributed by atoms with van der Waals surface area (Å²) in [6.45, 7) is 6.38. The van der Waals surface area contributed by atoms with Gasteiger partial charge in [-0.1, -0.05) is 33.1 Å². The van der Waals surface area contributed by atoms with E-state index in [1.54, 1.807) is 38.5 Å². The fourth-order valence-electron chi connectivity index (χ4n) is 8.52. The summed E-state index contributed by atoms with van der Waals surface area (Å²) in [7, 11) is 1.84. The first-order valence-corrected chi connectivity index (χ1v) is 11.6. The fourth-order valence-corrected chi connectivity index (χ4v) is 8.52. The van der Waals surface area contributed by atoms with Crippen molar-refractivity contribution in [2.24, 2.45) is 40.4 Å². The maximum Gasteiger partial charge on any atom is 0.0462 e. The van der Waals surface area contributed by atoms with Crippen molar-refractivity contribution < 1.29 is 4.74 Å². The lowest BCUT2D eigenvalue weighted by Crippen LogP contribution is -2.52. The second kappa shape index (κ2) is 7.17.